The summed E-state index contributed by atoms with van der Waals surface area (Å²) in [6.07, 6.45) is 4.98. The fourth-order valence-electron chi connectivity index (χ4n) is 4.07. The number of aromatic nitrogens is 5. The molecule has 0 amide bonds. The van der Waals surface area contributed by atoms with Crippen LogP contribution in [0.25, 0.3) is 39.1 Å². The van der Waals surface area contributed by atoms with Crippen LogP contribution in [0.3, 0.4) is 0 Å². The van der Waals surface area contributed by atoms with E-state index in [2.05, 4.69) is 63.2 Å². The Kier molecular flexibility index (Phi) is 3.74. The quantitative estimate of drug-likeness (QED) is 0.422. The van der Waals surface area contributed by atoms with Crippen molar-refractivity contribution in [2.24, 2.45) is 0 Å². The Balaban J connectivity index is 1.79. The second-order valence-corrected chi connectivity index (χ2v) is 7.09. The average Bonchev–Trinajstić information content (AvgIpc) is 3.54. The average molecular weight is 391 g/mol. The Morgan fingerprint density at radius 1 is 0.767 bits per heavy atom. The standard InChI is InChI=1S/C24H17N5O/c1-3-8-17(9-4-1)20-21-23(26-16-29-24(21)25-15-27-29)28(14-19-12-7-13-30-19)22(20)18-10-5-2-6-11-18/h1-13,15-16H,14H2. The van der Waals surface area contributed by atoms with E-state index in [1.807, 2.05) is 24.3 Å². The first-order valence-electron chi connectivity index (χ1n) is 9.74. The summed E-state index contributed by atoms with van der Waals surface area (Å²) in [6, 6.07) is 24.7. The summed E-state index contributed by atoms with van der Waals surface area (Å²) in [5.41, 5.74) is 6.03. The predicted octanol–water partition coefficient (Wildman–Crippen LogP) is 5.05. The molecule has 6 nitrogen and oxygen atoms in total. The molecule has 30 heavy (non-hydrogen) atoms. The zero-order valence-corrected chi connectivity index (χ0v) is 16.0. The molecule has 0 spiro atoms. The van der Waals surface area contributed by atoms with Crippen LogP contribution in [0.2, 0.25) is 0 Å². The van der Waals surface area contributed by atoms with Gasteiger partial charge in [0, 0.05) is 5.56 Å². The van der Waals surface area contributed by atoms with Gasteiger partial charge in [0.25, 0.3) is 0 Å². The van der Waals surface area contributed by atoms with E-state index in [-0.39, 0.29) is 0 Å². The predicted molar refractivity (Wildman–Crippen MR) is 115 cm³/mol. The van der Waals surface area contributed by atoms with E-state index in [0.29, 0.717) is 6.54 Å². The van der Waals surface area contributed by atoms with Crippen molar-refractivity contribution < 1.29 is 4.42 Å². The molecule has 2 aromatic carbocycles. The highest BCUT2D eigenvalue weighted by Gasteiger charge is 2.24. The summed E-state index contributed by atoms with van der Waals surface area (Å²) in [4.78, 5) is 9.33. The van der Waals surface area contributed by atoms with Crippen molar-refractivity contribution in [1.82, 2.24) is 24.1 Å². The van der Waals surface area contributed by atoms with Crippen molar-refractivity contribution in [2.45, 2.75) is 6.54 Å². The minimum absolute atomic E-state index is 0.567. The van der Waals surface area contributed by atoms with Crippen molar-refractivity contribution in [2.75, 3.05) is 0 Å². The van der Waals surface area contributed by atoms with Crippen LogP contribution in [0, 0.1) is 0 Å². The Bertz CT molecular complexity index is 1450. The van der Waals surface area contributed by atoms with Gasteiger partial charge in [0.2, 0.25) is 0 Å². The molecule has 4 aromatic heterocycles. The fraction of sp³-hybridized carbons (Fsp3) is 0.0417. The van der Waals surface area contributed by atoms with Gasteiger partial charge in [0.1, 0.15) is 24.1 Å². The van der Waals surface area contributed by atoms with Gasteiger partial charge in [-0.05, 0) is 23.3 Å². The van der Waals surface area contributed by atoms with Crippen molar-refractivity contribution in [1.29, 1.82) is 0 Å². The van der Waals surface area contributed by atoms with E-state index >= 15 is 0 Å². The smallest absolute Gasteiger partial charge is 0.168 e. The summed E-state index contributed by atoms with van der Waals surface area (Å²) in [6.45, 7) is 0.567. The van der Waals surface area contributed by atoms with Crippen molar-refractivity contribution in [3.05, 3.63) is 97.5 Å². The zero-order chi connectivity index (χ0) is 19.9. The highest BCUT2D eigenvalue weighted by atomic mass is 16.3. The fourth-order valence-corrected chi connectivity index (χ4v) is 4.07. The lowest BCUT2D eigenvalue weighted by Gasteiger charge is -2.11. The summed E-state index contributed by atoms with van der Waals surface area (Å²) in [5.74, 6) is 0.867. The highest BCUT2D eigenvalue weighted by molar-refractivity contribution is 6.09. The van der Waals surface area contributed by atoms with Crippen molar-refractivity contribution in [3.63, 3.8) is 0 Å². The molecule has 0 aliphatic rings. The Hall–Kier alpha value is -4.19. The SMILES string of the molecule is c1ccc(-c2c(-c3ccccc3)n(Cc3ccco3)c3ncn4ncnc4c23)cc1. The molecule has 0 fully saturated rings. The van der Waals surface area contributed by atoms with E-state index in [4.69, 9.17) is 9.40 Å². The third-order valence-electron chi connectivity index (χ3n) is 5.33. The van der Waals surface area contributed by atoms with Gasteiger partial charge in [-0.3, -0.25) is 0 Å². The van der Waals surface area contributed by atoms with E-state index in [1.165, 1.54) is 0 Å². The number of nitrogens with zero attached hydrogens (tertiary/aromatic N) is 5. The molecule has 0 aliphatic heterocycles. The molecule has 6 rings (SSSR count). The molecule has 0 radical (unpaired) electrons. The van der Waals surface area contributed by atoms with Crippen LogP contribution >= 0.6 is 0 Å². The Morgan fingerprint density at radius 3 is 2.27 bits per heavy atom. The summed E-state index contributed by atoms with van der Waals surface area (Å²) in [7, 11) is 0. The lowest BCUT2D eigenvalue weighted by atomic mass is 9.99. The lowest BCUT2D eigenvalue weighted by Crippen LogP contribution is -2.03. The molecule has 0 atom stereocenters. The molecule has 6 heteroatoms. The van der Waals surface area contributed by atoms with E-state index in [0.717, 1.165) is 44.8 Å². The summed E-state index contributed by atoms with van der Waals surface area (Å²) < 4.78 is 9.61. The normalized spacial score (nSPS) is 11.5. The second-order valence-electron chi connectivity index (χ2n) is 7.09. The molecule has 0 saturated heterocycles. The summed E-state index contributed by atoms with van der Waals surface area (Å²) >= 11 is 0. The van der Waals surface area contributed by atoms with Crippen LogP contribution in [0.5, 0.6) is 0 Å². The number of benzene rings is 2. The Labute approximate surface area is 172 Å². The van der Waals surface area contributed by atoms with Gasteiger partial charge in [-0.25, -0.2) is 14.5 Å². The molecular weight excluding hydrogens is 374 g/mol. The van der Waals surface area contributed by atoms with E-state index < -0.39 is 0 Å². The number of hydrogen-bond acceptors (Lipinski definition) is 4. The van der Waals surface area contributed by atoms with Gasteiger partial charge in [-0.15, -0.1) is 0 Å². The molecule has 0 saturated carbocycles. The minimum Gasteiger partial charge on any atom is -0.467 e. The number of furan rings is 1. The largest absolute Gasteiger partial charge is 0.467 e. The van der Waals surface area contributed by atoms with Gasteiger partial charge in [0.15, 0.2) is 5.65 Å². The first-order valence-corrected chi connectivity index (χ1v) is 9.74. The third-order valence-corrected chi connectivity index (χ3v) is 5.33. The Morgan fingerprint density at radius 2 is 1.53 bits per heavy atom. The number of rotatable bonds is 4. The lowest BCUT2D eigenvalue weighted by molar-refractivity contribution is 0.497. The van der Waals surface area contributed by atoms with Crippen LogP contribution in [-0.4, -0.2) is 24.1 Å². The van der Waals surface area contributed by atoms with Crippen LogP contribution < -0.4 is 0 Å². The number of hydrogen-bond donors (Lipinski definition) is 0. The van der Waals surface area contributed by atoms with Crippen LogP contribution in [0.4, 0.5) is 0 Å². The van der Waals surface area contributed by atoms with E-state index in [9.17, 15) is 0 Å². The van der Waals surface area contributed by atoms with Gasteiger partial charge in [-0.1, -0.05) is 60.7 Å². The minimum atomic E-state index is 0.567. The molecule has 0 bridgehead atoms. The van der Waals surface area contributed by atoms with Crippen molar-refractivity contribution in [3.8, 4) is 22.4 Å². The molecule has 4 heterocycles. The van der Waals surface area contributed by atoms with Crippen LogP contribution in [0.1, 0.15) is 5.76 Å². The van der Waals surface area contributed by atoms with Crippen LogP contribution in [0.15, 0.2) is 96.1 Å². The van der Waals surface area contributed by atoms with Crippen molar-refractivity contribution >= 4 is 16.7 Å². The van der Waals surface area contributed by atoms with E-state index in [1.54, 1.807) is 23.4 Å². The van der Waals surface area contributed by atoms with Crippen LogP contribution in [-0.2, 0) is 6.54 Å². The molecule has 0 unspecified atom stereocenters. The zero-order valence-electron chi connectivity index (χ0n) is 16.0. The maximum Gasteiger partial charge on any atom is 0.168 e. The van der Waals surface area contributed by atoms with Gasteiger partial charge >= 0.3 is 0 Å². The molecule has 0 N–H and O–H groups in total. The van der Waals surface area contributed by atoms with Gasteiger partial charge < -0.3 is 8.98 Å². The topological polar surface area (TPSA) is 61.2 Å². The molecule has 6 aromatic rings. The summed E-state index contributed by atoms with van der Waals surface area (Å²) in [5, 5.41) is 5.28. The third kappa shape index (κ3) is 2.54. The molecule has 144 valence electrons. The first-order chi connectivity index (χ1) is 14.9. The first kappa shape index (κ1) is 16.7. The van der Waals surface area contributed by atoms with Gasteiger partial charge in [0.05, 0.1) is 23.9 Å². The maximum atomic E-state index is 5.68. The maximum absolute atomic E-state index is 5.68. The number of fused-ring (bicyclic) bond motifs is 3. The molecular formula is C24H17N5O. The van der Waals surface area contributed by atoms with Gasteiger partial charge in [-0.2, -0.15) is 5.10 Å². The molecule has 0 aliphatic carbocycles. The monoisotopic (exact) mass is 391 g/mol. The second kappa shape index (κ2) is 6.70. The highest BCUT2D eigenvalue weighted by Crippen LogP contribution is 2.41.